The fourth-order valence-electron chi connectivity index (χ4n) is 2.34. The van der Waals surface area contributed by atoms with Crippen molar-refractivity contribution in [3.8, 4) is 6.07 Å². The van der Waals surface area contributed by atoms with Gasteiger partial charge in [0.2, 0.25) is 5.91 Å². The fraction of sp³-hybridized carbons (Fsp3) is 0.438. The number of hydrogen-bond donors (Lipinski definition) is 2. The number of nitrogens with zero attached hydrogens (tertiary/aromatic N) is 3. The smallest absolute Gasteiger partial charge is 0.475 e. The number of carboxylic acids is 1. The Hall–Kier alpha value is -2.64. The molecule has 1 aliphatic rings. The number of aliphatic carboxylic acids is 1. The minimum Gasteiger partial charge on any atom is -0.475 e. The lowest BCUT2D eigenvalue weighted by Gasteiger charge is -2.23. The highest BCUT2D eigenvalue weighted by molar-refractivity contribution is 5.79. The number of carboxylic acid groups (broad SMARTS) is 1. The Kier molecular flexibility index (Phi) is 8.02. The topological polar surface area (TPSA) is 111 Å². The number of hydrazine groups is 1. The van der Waals surface area contributed by atoms with Crippen LogP contribution in [0.3, 0.4) is 0 Å². The van der Waals surface area contributed by atoms with Crippen molar-refractivity contribution in [3.63, 3.8) is 0 Å². The van der Waals surface area contributed by atoms with E-state index >= 15 is 0 Å². The van der Waals surface area contributed by atoms with Crippen LogP contribution in [0, 0.1) is 11.3 Å². The maximum Gasteiger partial charge on any atom is 0.490 e. The Morgan fingerprint density at radius 3 is 2.42 bits per heavy atom. The van der Waals surface area contributed by atoms with Gasteiger partial charge in [-0.25, -0.2) is 9.80 Å². The highest BCUT2D eigenvalue weighted by atomic mass is 19.4. The molecule has 1 aromatic rings. The van der Waals surface area contributed by atoms with E-state index in [0.29, 0.717) is 13.1 Å². The molecule has 10 heteroatoms. The molecule has 0 radical (unpaired) electrons. The SMILES string of the molecule is N#CC1CCCN1C(=O)CN(N)Cc1ccccc1.O=C(O)C(F)(F)F. The van der Waals surface area contributed by atoms with Crippen LogP contribution in [0.1, 0.15) is 18.4 Å². The van der Waals surface area contributed by atoms with Crippen molar-refractivity contribution in [2.24, 2.45) is 5.84 Å². The number of carbonyl (C=O) groups is 2. The van der Waals surface area contributed by atoms with Crippen LogP contribution >= 0.6 is 0 Å². The van der Waals surface area contributed by atoms with Crippen LogP contribution in [0.5, 0.6) is 0 Å². The molecule has 2 rings (SSSR count). The second kappa shape index (κ2) is 9.74. The van der Waals surface area contributed by atoms with Crippen LogP contribution in [0.15, 0.2) is 30.3 Å². The first-order chi connectivity index (χ1) is 12.1. The summed E-state index contributed by atoms with van der Waals surface area (Å²) in [7, 11) is 0. The first-order valence-corrected chi connectivity index (χ1v) is 7.68. The Morgan fingerprint density at radius 1 is 1.35 bits per heavy atom. The monoisotopic (exact) mass is 372 g/mol. The highest BCUT2D eigenvalue weighted by Gasteiger charge is 2.38. The summed E-state index contributed by atoms with van der Waals surface area (Å²) in [6.07, 6.45) is -3.42. The molecule has 26 heavy (non-hydrogen) atoms. The minimum atomic E-state index is -5.08. The van der Waals surface area contributed by atoms with Crippen molar-refractivity contribution < 1.29 is 27.9 Å². The number of amides is 1. The Bertz CT molecular complexity index is 646. The van der Waals surface area contributed by atoms with E-state index in [2.05, 4.69) is 6.07 Å². The van der Waals surface area contributed by atoms with Gasteiger partial charge in [-0.1, -0.05) is 30.3 Å². The summed E-state index contributed by atoms with van der Waals surface area (Å²) in [6, 6.07) is 11.6. The molecule has 0 saturated carbocycles. The predicted molar refractivity (Wildman–Crippen MR) is 85.1 cm³/mol. The maximum absolute atomic E-state index is 12.1. The van der Waals surface area contributed by atoms with Gasteiger partial charge in [0.05, 0.1) is 12.6 Å². The summed E-state index contributed by atoms with van der Waals surface area (Å²) in [5, 5.41) is 17.6. The molecular weight excluding hydrogens is 353 g/mol. The number of hydrogen-bond acceptors (Lipinski definition) is 5. The quantitative estimate of drug-likeness (QED) is 0.612. The molecular formula is C16H19F3N4O3. The van der Waals surface area contributed by atoms with E-state index in [1.165, 1.54) is 5.01 Å². The third kappa shape index (κ3) is 7.08. The van der Waals surface area contributed by atoms with Gasteiger partial charge >= 0.3 is 12.1 Å². The lowest BCUT2D eigenvalue weighted by molar-refractivity contribution is -0.192. The van der Waals surface area contributed by atoms with Gasteiger partial charge in [-0.05, 0) is 18.4 Å². The first-order valence-electron chi connectivity index (χ1n) is 7.68. The predicted octanol–water partition coefficient (Wildman–Crippen LogP) is 1.51. The summed E-state index contributed by atoms with van der Waals surface area (Å²) in [6.45, 7) is 1.33. The van der Waals surface area contributed by atoms with Gasteiger partial charge in [0.15, 0.2) is 0 Å². The molecule has 0 bridgehead atoms. The van der Waals surface area contributed by atoms with Crippen molar-refractivity contribution >= 4 is 11.9 Å². The average molecular weight is 372 g/mol. The zero-order valence-electron chi connectivity index (χ0n) is 13.8. The van der Waals surface area contributed by atoms with E-state index in [1.54, 1.807) is 4.90 Å². The van der Waals surface area contributed by atoms with E-state index in [0.717, 1.165) is 18.4 Å². The number of likely N-dealkylation sites (tertiary alicyclic amines) is 1. The molecule has 1 heterocycles. The summed E-state index contributed by atoms with van der Waals surface area (Å²) in [5.41, 5.74) is 1.07. The number of nitriles is 1. The van der Waals surface area contributed by atoms with E-state index in [9.17, 15) is 18.0 Å². The number of halogens is 3. The van der Waals surface area contributed by atoms with E-state index < -0.39 is 12.1 Å². The number of alkyl halides is 3. The average Bonchev–Trinajstić information content (AvgIpc) is 3.04. The third-order valence-electron chi connectivity index (χ3n) is 3.53. The number of benzene rings is 1. The number of carbonyl (C=O) groups excluding carboxylic acids is 1. The van der Waals surface area contributed by atoms with Crippen LogP contribution in [0.2, 0.25) is 0 Å². The first kappa shape index (κ1) is 21.4. The molecule has 1 saturated heterocycles. The summed E-state index contributed by atoms with van der Waals surface area (Å²) in [5.74, 6) is 3.04. The van der Waals surface area contributed by atoms with Crippen molar-refractivity contribution in [1.29, 1.82) is 5.26 Å². The Balaban J connectivity index is 0.000000412. The lowest BCUT2D eigenvalue weighted by atomic mass is 10.2. The number of nitrogens with two attached hydrogens (primary N) is 1. The molecule has 142 valence electrons. The normalized spacial score (nSPS) is 16.6. The van der Waals surface area contributed by atoms with Crippen LogP contribution < -0.4 is 5.84 Å². The van der Waals surface area contributed by atoms with Crippen LogP contribution in [-0.4, -0.2) is 52.2 Å². The molecule has 1 amide bonds. The molecule has 0 aromatic heterocycles. The van der Waals surface area contributed by atoms with Crippen molar-refractivity contribution in [1.82, 2.24) is 9.91 Å². The van der Waals surface area contributed by atoms with Crippen LogP contribution in [0.4, 0.5) is 13.2 Å². The lowest BCUT2D eigenvalue weighted by Crippen LogP contribution is -2.44. The summed E-state index contributed by atoms with van der Waals surface area (Å²) >= 11 is 0. The Labute approximate surface area is 148 Å². The van der Waals surface area contributed by atoms with E-state index in [4.69, 9.17) is 21.0 Å². The summed E-state index contributed by atoms with van der Waals surface area (Å²) in [4.78, 5) is 22.6. The zero-order valence-corrected chi connectivity index (χ0v) is 13.8. The zero-order chi connectivity index (χ0) is 19.7. The largest absolute Gasteiger partial charge is 0.490 e. The van der Waals surface area contributed by atoms with Crippen molar-refractivity contribution in [2.45, 2.75) is 31.6 Å². The molecule has 3 N–H and O–H groups in total. The Morgan fingerprint density at radius 2 is 1.92 bits per heavy atom. The second-order valence-electron chi connectivity index (χ2n) is 5.57. The van der Waals surface area contributed by atoms with Crippen molar-refractivity contribution in [3.05, 3.63) is 35.9 Å². The van der Waals surface area contributed by atoms with Gasteiger partial charge in [-0.2, -0.15) is 18.4 Å². The highest BCUT2D eigenvalue weighted by Crippen LogP contribution is 2.16. The van der Waals surface area contributed by atoms with Gasteiger partial charge in [-0.15, -0.1) is 0 Å². The molecule has 1 unspecified atom stereocenters. The van der Waals surface area contributed by atoms with Gasteiger partial charge in [0.25, 0.3) is 0 Å². The standard InChI is InChI=1S/C14H18N4O.C2HF3O2/c15-9-13-7-4-8-18(13)14(19)11-17(16)10-12-5-2-1-3-6-12;3-2(4,5)1(6)7/h1-3,5-6,13H,4,7-8,10-11,16H2;(H,6,7). The second-order valence-corrected chi connectivity index (χ2v) is 5.57. The molecule has 0 aliphatic carbocycles. The molecule has 1 aromatic carbocycles. The van der Waals surface area contributed by atoms with Crippen molar-refractivity contribution in [2.75, 3.05) is 13.1 Å². The minimum absolute atomic E-state index is 0.0671. The molecule has 1 aliphatic heterocycles. The van der Waals surface area contributed by atoms with Gasteiger partial charge < -0.3 is 10.0 Å². The van der Waals surface area contributed by atoms with E-state index in [1.807, 2.05) is 30.3 Å². The maximum atomic E-state index is 12.1. The van der Waals surface area contributed by atoms with Gasteiger partial charge in [-0.3, -0.25) is 10.6 Å². The van der Waals surface area contributed by atoms with Crippen LogP contribution in [0.25, 0.3) is 0 Å². The molecule has 1 atom stereocenters. The molecule has 1 fully saturated rings. The van der Waals surface area contributed by atoms with E-state index in [-0.39, 0.29) is 18.5 Å². The number of rotatable bonds is 4. The van der Waals surface area contributed by atoms with Gasteiger partial charge in [0.1, 0.15) is 6.04 Å². The molecule has 0 spiro atoms. The summed E-state index contributed by atoms with van der Waals surface area (Å²) < 4.78 is 31.7. The fourth-order valence-corrected chi connectivity index (χ4v) is 2.34. The third-order valence-corrected chi connectivity index (χ3v) is 3.53. The van der Waals surface area contributed by atoms with Gasteiger partial charge in [0, 0.05) is 13.1 Å². The van der Waals surface area contributed by atoms with Crippen LogP contribution in [-0.2, 0) is 16.1 Å². The molecule has 7 nitrogen and oxygen atoms in total.